The molecule has 89 valence electrons. The van der Waals surface area contributed by atoms with Gasteiger partial charge < -0.3 is 4.90 Å². The molecule has 0 aromatic rings. The van der Waals surface area contributed by atoms with Crippen molar-refractivity contribution in [1.29, 1.82) is 0 Å². The molecular weight excluding hydrogens is 223 g/mol. The summed E-state index contributed by atoms with van der Waals surface area (Å²) in [6.45, 7) is 8.60. The third-order valence-electron chi connectivity index (χ3n) is 1.77. The average Bonchev–Trinajstić information content (AvgIpc) is 1.94. The van der Waals surface area contributed by atoms with Gasteiger partial charge in [-0.05, 0) is 20.8 Å². The van der Waals surface area contributed by atoms with E-state index in [2.05, 4.69) is 0 Å². The van der Waals surface area contributed by atoms with Gasteiger partial charge in [0.05, 0.1) is 8.80 Å². The highest BCUT2D eigenvalue weighted by Crippen LogP contribution is 2.24. The highest BCUT2D eigenvalue weighted by atomic mass is 28.3. The van der Waals surface area contributed by atoms with Crippen LogP contribution in [0.1, 0.15) is 20.8 Å². The number of hydrogen-bond donors (Lipinski definition) is 0. The molecule has 0 heterocycles. The van der Waals surface area contributed by atoms with Gasteiger partial charge in [-0.15, -0.1) is 0 Å². The van der Waals surface area contributed by atoms with E-state index in [1.807, 2.05) is 13.1 Å². The fraction of sp³-hybridized carbons (Fsp3) is 0.889. The molecule has 2 nitrogen and oxygen atoms in total. The lowest BCUT2D eigenvalue weighted by atomic mass is 10.1. The van der Waals surface area contributed by atoms with E-state index in [9.17, 15) is 18.0 Å². The van der Waals surface area contributed by atoms with Crippen LogP contribution in [0.4, 0.5) is 13.2 Å². The number of halogens is 3. The highest BCUT2D eigenvalue weighted by Gasteiger charge is 2.45. The minimum Gasteiger partial charge on any atom is -0.333 e. The number of amides is 1. The van der Waals surface area contributed by atoms with Crippen LogP contribution in [0.2, 0.25) is 13.1 Å². The van der Waals surface area contributed by atoms with E-state index in [1.54, 1.807) is 20.8 Å². The van der Waals surface area contributed by atoms with Crippen LogP contribution in [0, 0.1) is 0 Å². The predicted molar refractivity (Wildman–Crippen MR) is 55.0 cm³/mol. The summed E-state index contributed by atoms with van der Waals surface area (Å²) in [5, 5.41) is 0. The van der Waals surface area contributed by atoms with Gasteiger partial charge in [0.1, 0.15) is 0 Å². The van der Waals surface area contributed by atoms with Crippen molar-refractivity contribution in [3.8, 4) is 0 Å². The fourth-order valence-electron chi connectivity index (χ4n) is 1.08. The quantitative estimate of drug-likeness (QED) is 0.679. The molecule has 0 N–H and O–H groups in total. The molecule has 0 fully saturated rings. The molecule has 0 aromatic heterocycles. The van der Waals surface area contributed by atoms with Gasteiger partial charge in [0.25, 0.3) is 0 Å². The van der Waals surface area contributed by atoms with Gasteiger partial charge in [-0.3, -0.25) is 4.79 Å². The number of carbonyl (C=O) groups is 1. The van der Waals surface area contributed by atoms with Crippen molar-refractivity contribution in [2.75, 3.05) is 6.17 Å². The number of rotatable bonds is 2. The molecule has 0 aromatic carbocycles. The first-order chi connectivity index (χ1) is 6.46. The molecule has 0 aliphatic carbocycles. The SMILES string of the molecule is C[Si](C)CN(C(=O)C(F)(F)F)C(C)(C)C. The molecule has 1 amide bonds. The number of carbonyl (C=O) groups excluding carboxylic acids is 1. The molecular formula is C9H17F3NOSi. The lowest BCUT2D eigenvalue weighted by Gasteiger charge is -2.37. The van der Waals surface area contributed by atoms with Gasteiger partial charge in [0.15, 0.2) is 0 Å². The van der Waals surface area contributed by atoms with Gasteiger partial charge in [-0.1, -0.05) is 13.1 Å². The summed E-state index contributed by atoms with van der Waals surface area (Å²) < 4.78 is 36.9. The van der Waals surface area contributed by atoms with Gasteiger partial charge in [0, 0.05) is 11.7 Å². The fourth-order valence-corrected chi connectivity index (χ4v) is 2.33. The maximum atomic E-state index is 12.3. The molecule has 0 atom stereocenters. The molecule has 0 bridgehead atoms. The Labute approximate surface area is 90.1 Å². The van der Waals surface area contributed by atoms with E-state index in [1.165, 1.54) is 0 Å². The molecule has 1 radical (unpaired) electrons. The minimum absolute atomic E-state index is 0.215. The van der Waals surface area contributed by atoms with Crippen LogP contribution in [-0.4, -0.2) is 37.5 Å². The molecule has 15 heavy (non-hydrogen) atoms. The zero-order valence-electron chi connectivity index (χ0n) is 9.70. The topological polar surface area (TPSA) is 20.3 Å². The summed E-state index contributed by atoms with van der Waals surface area (Å²) in [5.41, 5.74) is -0.783. The van der Waals surface area contributed by atoms with E-state index < -0.39 is 26.4 Å². The summed E-state index contributed by atoms with van der Waals surface area (Å²) in [6, 6.07) is 0. The van der Waals surface area contributed by atoms with Gasteiger partial charge in [-0.2, -0.15) is 13.2 Å². The Bertz CT molecular complexity index is 232. The van der Waals surface area contributed by atoms with Crippen molar-refractivity contribution < 1.29 is 18.0 Å². The minimum atomic E-state index is -4.77. The molecule has 0 aliphatic heterocycles. The van der Waals surface area contributed by atoms with Crippen LogP contribution in [0.3, 0.4) is 0 Å². The first-order valence-corrected chi connectivity index (χ1v) is 7.35. The van der Waals surface area contributed by atoms with Crippen molar-refractivity contribution in [3.63, 3.8) is 0 Å². The number of nitrogens with zero attached hydrogens (tertiary/aromatic N) is 1. The van der Waals surface area contributed by atoms with Gasteiger partial charge >= 0.3 is 12.1 Å². The Morgan fingerprint density at radius 2 is 1.60 bits per heavy atom. The summed E-state index contributed by atoms with van der Waals surface area (Å²) in [4.78, 5) is 12.1. The molecule has 0 aliphatic rings. The van der Waals surface area contributed by atoms with Crippen molar-refractivity contribution in [3.05, 3.63) is 0 Å². The Hall–Kier alpha value is -0.523. The summed E-state index contributed by atoms with van der Waals surface area (Å²) in [7, 11) is -0.915. The highest BCUT2D eigenvalue weighted by molar-refractivity contribution is 6.56. The second-order valence-corrected chi connectivity index (χ2v) is 7.50. The molecule has 0 saturated carbocycles. The number of alkyl halides is 3. The Morgan fingerprint density at radius 1 is 1.20 bits per heavy atom. The van der Waals surface area contributed by atoms with Crippen molar-refractivity contribution in [2.24, 2.45) is 0 Å². The lowest BCUT2D eigenvalue weighted by molar-refractivity contribution is -0.189. The normalized spacial score (nSPS) is 13.1. The summed E-state index contributed by atoms with van der Waals surface area (Å²) in [5.74, 6) is -1.74. The maximum absolute atomic E-state index is 12.3. The van der Waals surface area contributed by atoms with Gasteiger partial charge in [-0.25, -0.2) is 0 Å². The molecule has 0 spiro atoms. The maximum Gasteiger partial charge on any atom is 0.471 e. The Morgan fingerprint density at radius 3 is 1.80 bits per heavy atom. The van der Waals surface area contributed by atoms with Crippen LogP contribution in [0.5, 0.6) is 0 Å². The molecule has 0 unspecified atom stereocenters. The average molecular weight is 240 g/mol. The van der Waals surface area contributed by atoms with Gasteiger partial charge in [0.2, 0.25) is 0 Å². The predicted octanol–water partition coefficient (Wildman–Crippen LogP) is 2.47. The van der Waals surface area contributed by atoms with Crippen molar-refractivity contribution >= 4 is 14.7 Å². The van der Waals surface area contributed by atoms with Crippen molar-refractivity contribution in [2.45, 2.75) is 45.6 Å². The lowest BCUT2D eigenvalue weighted by Crippen LogP contribution is -2.53. The van der Waals surface area contributed by atoms with Crippen LogP contribution in [-0.2, 0) is 4.79 Å². The van der Waals surface area contributed by atoms with Crippen LogP contribution >= 0.6 is 0 Å². The zero-order valence-corrected chi connectivity index (χ0v) is 10.7. The zero-order chi connectivity index (χ0) is 12.4. The monoisotopic (exact) mass is 240 g/mol. The standard InChI is InChI=1S/C9H17F3NOSi/c1-8(2,3)13(6-15(4)5)7(14)9(10,11)12/h6H2,1-5H3. The van der Waals surface area contributed by atoms with E-state index in [0.29, 0.717) is 0 Å². The molecule has 0 saturated heterocycles. The Balaban J connectivity index is 4.89. The summed E-state index contributed by atoms with van der Waals surface area (Å²) in [6.07, 6.45) is -4.56. The smallest absolute Gasteiger partial charge is 0.333 e. The van der Waals surface area contributed by atoms with E-state index in [4.69, 9.17) is 0 Å². The third-order valence-corrected chi connectivity index (χ3v) is 2.72. The Kier molecular flexibility index (Phi) is 4.39. The van der Waals surface area contributed by atoms with E-state index >= 15 is 0 Å². The second kappa shape index (κ2) is 4.55. The van der Waals surface area contributed by atoms with Crippen LogP contribution < -0.4 is 0 Å². The molecule has 0 rings (SSSR count). The van der Waals surface area contributed by atoms with Crippen LogP contribution in [0.15, 0.2) is 0 Å². The summed E-state index contributed by atoms with van der Waals surface area (Å²) >= 11 is 0. The first-order valence-electron chi connectivity index (χ1n) is 4.64. The van der Waals surface area contributed by atoms with E-state index in [0.717, 1.165) is 4.90 Å². The van der Waals surface area contributed by atoms with E-state index in [-0.39, 0.29) is 6.17 Å². The van der Waals surface area contributed by atoms with Crippen molar-refractivity contribution in [1.82, 2.24) is 4.90 Å². The first kappa shape index (κ1) is 14.5. The third kappa shape index (κ3) is 4.68. The second-order valence-electron chi connectivity index (χ2n) is 4.77. The largest absolute Gasteiger partial charge is 0.471 e. The number of hydrogen-bond acceptors (Lipinski definition) is 1. The molecule has 6 heteroatoms. The van der Waals surface area contributed by atoms with Crippen LogP contribution in [0.25, 0.3) is 0 Å².